The van der Waals surface area contributed by atoms with Gasteiger partial charge in [-0.15, -0.1) is 0 Å². The van der Waals surface area contributed by atoms with Crippen molar-refractivity contribution in [2.24, 2.45) is 0 Å². The molecular formula is C10H19NO. The van der Waals surface area contributed by atoms with E-state index in [1.165, 1.54) is 32.1 Å². The maximum atomic E-state index is 5.60. The van der Waals surface area contributed by atoms with Gasteiger partial charge in [-0.2, -0.15) is 0 Å². The smallest absolute Gasteiger partial charge is 0.0597 e. The van der Waals surface area contributed by atoms with Gasteiger partial charge in [0.2, 0.25) is 0 Å². The molecular weight excluding hydrogens is 150 g/mol. The number of rotatable bonds is 5. The van der Waals surface area contributed by atoms with Crippen molar-refractivity contribution in [2.75, 3.05) is 20.2 Å². The fourth-order valence-electron chi connectivity index (χ4n) is 1.61. The molecule has 2 fully saturated rings. The standard InChI is InChI=1S/C10H19NO/c1-11(9-3-2-4-9)7-8-12-10-5-6-10/h9-10H,2-8H2,1H3. The molecule has 2 rings (SSSR count). The summed E-state index contributed by atoms with van der Waals surface area (Å²) in [5.41, 5.74) is 0. The van der Waals surface area contributed by atoms with E-state index < -0.39 is 0 Å². The molecule has 0 aromatic heterocycles. The van der Waals surface area contributed by atoms with Crippen molar-refractivity contribution in [3.63, 3.8) is 0 Å². The second-order valence-corrected chi connectivity index (χ2v) is 4.14. The molecule has 0 N–H and O–H groups in total. The Morgan fingerprint density at radius 2 is 2.00 bits per heavy atom. The van der Waals surface area contributed by atoms with Gasteiger partial charge in [-0.05, 0) is 32.7 Å². The van der Waals surface area contributed by atoms with Gasteiger partial charge < -0.3 is 9.64 Å². The third kappa shape index (κ3) is 2.20. The molecule has 0 aliphatic heterocycles. The van der Waals surface area contributed by atoms with Crippen molar-refractivity contribution in [1.82, 2.24) is 4.90 Å². The number of likely N-dealkylation sites (N-methyl/N-ethyl adjacent to an activating group) is 1. The first-order chi connectivity index (χ1) is 5.86. The van der Waals surface area contributed by atoms with Crippen molar-refractivity contribution in [1.29, 1.82) is 0 Å². The van der Waals surface area contributed by atoms with E-state index in [9.17, 15) is 0 Å². The summed E-state index contributed by atoms with van der Waals surface area (Å²) in [6, 6.07) is 0.868. The maximum Gasteiger partial charge on any atom is 0.0597 e. The highest BCUT2D eigenvalue weighted by atomic mass is 16.5. The largest absolute Gasteiger partial charge is 0.377 e. The average molecular weight is 169 g/mol. The summed E-state index contributed by atoms with van der Waals surface area (Å²) in [5, 5.41) is 0. The molecule has 2 saturated carbocycles. The van der Waals surface area contributed by atoms with Crippen LogP contribution in [0.25, 0.3) is 0 Å². The topological polar surface area (TPSA) is 12.5 Å². The molecule has 12 heavy (non-hydrogen) atoms. The third-order valence-electron chi connectivity index (χ3n) is 3.02. The predicted molar refractivity (Wildman–Crippen MR) is 49.2 cm³/mol. The summed E-state index contributed by atoms with van der Waals surface area (Å²) in [7, 11) is 2.22. The molecule has 0 unspecified atom stereocenters. The lowest BCUT2D eigenvalue weighted by molar-refractivity contribution is 0.0711. The van der Waals surface area contributed by atoms with Crippen LogP contribution >= 0.6 is 0 Å². The molecule has 0 bridgehead atoms. The lowest BCUT2D eigenvalue weighted by Crippen LogP contribution is -2.39. The molecule has 2 nitrogen and oxygen atoms in total. The van der Waals surface area contributed by atoms with Crippen molar-refractivity contribution in [3.8, 4) is 0 Å². The molecule has 70 valence electrons. The van der Waals surface area contributed by atoms with Gasteiger partial charge in [-0.25, -0.2) is 0 Å². The van der Waals surface area contributed by atoms with E-state index in [2.05, 4.69) is 11.9 Å². The minimum absolute atomic E-state index is 0.625. The van der Waals surface area contributed by atoms with Gasteiger partial charge in [0.25, 0.3) is 0 Å². The van der Waals surface area contributed by atoms with Gasteiger partial charge in [0.1, 0.15) is 0 Å². The molecule has 0 aromatic carbocycles. The van der Waals surface area contributed by atoms with Crippen LogP contribution in [-0.2, 0) is 4.74 Å². The van der Waals surface area contributed by atoms with E-state index in [1.807, 2.05) is 0 Å². The average Bonchev–Trinajstić information content (AvgIpc) is 2.67. The van der Waals surface area contributed by atoms with Crippen LogP contribution in [0.15, 0.2) is 0 Å². The summed E-state index contributed by atoms with van der Waals surface area (Å²) >= 11 is 0. The van der Waals surface area contributed by atoms with E-state index in [-0.39, 0.29) is 0 Å². The predicted octanol–water partition coefficient (Wildman–Crippen LogP) is 1.65. The van der Waals surface area contributed by atoms with Crippen LogP contribution in [0.5, 0.6) is 0 Å². The zero-order chi connectivity index (χ0) is 8.39. The first-order valence-electron chi connectivity index (χ1n) is 5.18. The van der Waals surface area contributed by atoms with E-state index >= 15 is 0 Å². The zero-order valence-electron chi connectivity index (χ0n) is 7.96. The summed E-state index contributed by atoms with van der Waals surface area (Å²) in [6.45, 7) is 2.07. The summed E-state index contributed by atoms with van der Waals surface area (Å²) < 4.78 is 5.60. The SMILES string of the molecule is CN(CCOC1CC1)C1CCC1. The van der Waals surface area contributed by atoms with Gasteiger partial charge in [-0.1, -0.05) is 6.42 Å². The molecule has 0 radical (unpaired) electrons. The summed E-state index contributed by atoms with van der Waals surface area (Å²) in [5.74, 6) is 0. The van der Waals surface area contributed by atoms with Gasteiger partial charge in [0, 0.05) is 12.6 Å². The highest BCUT2D eigenvalue weighted by molar-refractivity contribution is 4.78. The Morgan fingerprint density at radius 3 is 2.50 bits per heavy atom. The van der Waals surface area contributed by atoms with Gasteiger partial charge in [0.15, 0.2) is 0 Å². The molecule has 0 saturated heterocycles. The van der Waals surface area contributed by atoms with Crippen LogP contribution in [0.1, 0.15) is 32.1 Å². The van der Waals surface area contributed by atoms with E-state index in [4.69, 9.17) is 4.74 Å². The van der Waals surface area contributed by atoms with Crippen LogP contribution in [0.2, 0.25) is 0 Å². The van der Waals surface area contributed by atoms with E-state index in [0.29, 0.717) is 6.10 Å². The second-order valence-electron chi connectivity index (χ2n) is 4.14. The lowest BCUT2D eigenvalue weighted by atomic mass is 9.92. The van der Waals surface area contributed by atoms with Crippen molar-refractivity contribution in [2.45, 2.75) is 44.2 Å². The van der Waals surface area contributed by atoms with Crippen LogP contribution in [0, 0.1) is 0 Å². The van der Waals surface area contributed by atoms with Crippen LogP contribution in [-0.4, -0.2) is 37.2 Å². The molecule has 2 aliphatic rings. The number of hydrogen-bond donors (Lipinski definition) is 0. The van der Waals surface area contributed by atoms with Crippen molar-refractivity contribution >= 4 is 0 Å². The van der Waals surface area contributed by atoms with Gasteiger partial charge in [-0.3, -0.25) is 0 Å². The second kappa shape index (κ2) is 3.75. The number of ether oxygens (including phenoxy) is 1. The molecule has 0 heterocycles. The maximum absolute atomic E-state index is 5.60. The Kier molecular flexibility index (Phi) is 2.66. The lowest BCUT2D eigenvalue weighted by Gasteiger charge is -2.34. The summed E-state index contributed by atoms with van der Waals surface area (Å²) in [4.78, 5) is 2.45. The summed E-state index contributed by atoms with van der Waals surface area (Å²) in [6.07, 6.45) is 7.46. The van der Waals surface area contributed by atoms with Crippen LogP contribution in [0.3, 0.4) is 0 Å². The Bertz CT molecular complexity index is 141. The highest BCUT2D eigenvalue weighted by Crippen LogP contribution is 2.25. The molecule has 0 atom stereocenters. The molecule has 0 spiro atoms. The first-order valence-corrected chi connectivity index (χ1v) is 5.18. The number of nitrogens with zero attached hydrogens (tertiary/aromatic N) is 1. The van der Waals surface area contributed by atoms with E-state index in [1.54, 1.807) is 0 Å². The molecule has 2 heteroatoms. The molecule has 0 aromatic rings. The quantitative estimate of drug-likeness (QED) is 0.620. The third-order valence-corrected chi connectivity index (χ3v) is 3.02. The Hall–Kier alpha value is -0.0800. The normalized spacial score (nSPS) is 24.5. The molecule has 0 amide bonds. The minimum Gasteiger partial charge on any atom is -0.377 e. The van der Waals surface area contributed by atoms with Crippen LogP contribution in [0.4, 0.5) is 0 Å². The van der Waals surface area contributed by atoms with Crippen molar-refractivity contribution in [3.05, 3.63) is 0 Å². The van der Waals surface area contributed by atoms with Gasteiger partial charge in [0.05, 0.1) is 12.7 Å². The Morgan fingerprint density at radius 1 is 1.25 bits per heavy atom. The molecule has 2 aliphatic carbocycles. The fraction of sp³-hybridized carbons (Fsp3) is 1.00. The zero-order valence-corrected chi connectivity index (χ0v) is 7.96. The first kappa shape index (κ1) is 8.52. The Labute approximate surface area is 74.9 Å². The monoisotopic (exact) mass is 169 g/mol. The van der Waals surface area contributed by atoms with E-state index in [0.717, 1.165) is 19.2 Å². The van der Waals surface area contributed by atoms with Crippen LogP contribution < -0.4 is 0 Å². The Balaban J connectivity index is 1.52. The minimum atomic E-state index is 0.625. The highest BCUT2D eigenvalue weighted by Gasteiger charge is 2.24. The number of hydrogen-bond acceptors (Lipinski definition) is 2. The van der Waals surface area contributed by atoms with Gasteiger partial charge >= 0.3 is 0 Å². The van der Waals surface area contributed by atoms with Crippen molar-refractivity contribution < 1.29 is 4.74 Å². The fourth-order valence-corrected chi connectivity index (χ4v) is 1.61.